The number of rotatable bonds is 2. The molecular formula is C6H11N3OS2. The van der Waals surface area contributed by atoms with E-state index in [1.54, 1.807) is 11.8 Å². The third kappa shape index (κ3) is 2.94. The second kappa shape index (κ2) is 4.61. The largest absolute Gasteiger partial charge is 0.304 e. The lowest BCUT2D eigenvalue weighted by atomic mass is 10.7. The molecule has 0 aromatic rings. The second-order valence-electron chi connectivity index (χ2n) is 2.13. The van der Waals surface area contributed by atoms with Gasteiger partial charge in [-0.3, -0.25) is 10.2 Å². The first kappa shape index (κ1) is 9.73. The molecule has 1 aliphatic rings. The highest BCUT2D eigenvalue weighted by Crippen LogP contribution is 2.25. The number of nitrogens with zero attached hydrogens (tertiary/aromatic N) is 1. The zero-order chi connectivity index (χ0) is 8.97. The van der Waals surface area contributed by atoms with Crippen LogP contribution in [0.3, 0.4) is 0 Å². The predicted molar refractivity (Wildman–Crippen MR) is 53.9 cm³/mol. The van der Waals surface area contributed by atoms with Crippen molar-refractivity contribution in [2.24, 2.45) is 5.10 Å². The molecule has 0 saturated carbocycles. The Morgan fingerprint density at radius 3 is 3.25 bits per heavy atom. The van der Waals surface area contributed by atoms with Crippen LogP contribution in [0.4, 0.5) is 0 Å². The minimum absolute atomic E-state index is 0.0785. The molecule has 0 fully saturated rings. The Hall–Kier alpha value is -0.360. The third-order valence-electron chi connectivity index (χ3n) is 1.09. The average molecular weight is 205 g/mol. The van der Waals surface area contributed by atoms with E-state index < -0.39 is 0 Å². The Labute approximate surface area is 79.9 Å². The fourth-order valence-electron chi connectivity index (χ4n) is 0.696. The van der Waals surface area contributed by atoms with Gasteiger partial charge in [-0.15, -0.1) is 11.8 Å². The van der Waals surface area contributed by atoms with Crippen LogP contribution in [0.5, 0.6) is 0 Å². The summed E-state index contributed by atoms with van der Waals surface area (Å²) >= 11 is 3.29. The maximum absolute atomic E-state index is 10.6. The number of hydrazone groups is 1. The molecule has 68 valence electrons. The fourth-order valence-corrected chi connectivity index (χ4v) is 2.70. The minimum Gasteiger partial charge on any atom is -0.304 e. The third-order valence-corrected chi connectivity index (χ3v) is 3.27. The van der Waals surface area contributed by atoms with Gasteiger partial charge in [-0.1, -0.05) is 6.92 Å². The molecule has 4 nitrogen and oxygen atoms in total. The summed E-state index contributed by atoms with van der Waals surface area (Å²) in [5.74, 6) is 0.957. The molecule has 1 amide bonds. The smallest absolute Gasteiger partial charge is 0.222 e. The van der Waals surface area contributed by atoms with Gasteiger partial charge in [0.05, 0.1) is 0 Å². The molecule has 0 bridgehead atoms. The normalized spacial score (nSPS) is 21.5. The first-order chi connectivity index (χ1) is 5.72. The molecule has 0 aliphatic carbocycles. The van der Waals surface area contributed by atoms with Crippen LogP contribution in [0, 0.1) is 0 Å². The van der Waals surface area contributed by atoms with Gasteiger partial charge in [0.2, 0.25) is 5.91 Å². The molecule has 0 radical (unpaired) electrons. The van der Waals surface area contributed by atoms with E-state index in [1.807, 2.05) is 0 Å². The quantitative estimate of drug-likeness (QED) is 0.699. The summed E-state index contributed by atoms with van der Waals surface area (Å²) in [5, 5.41) is 7.24. The monoisotopic (exact) mass is 205 g/mol. The highest BCUT2D eigenvalue weighted by atomic mass is 32.2. The van der Waals surface area contributed by atoms with Crippen LogP contribution in [0.2, 0.25) is 0 Å². The summed E-state index contributed by atoms with van der Waals surface area (Å²) in [5.41, 5.74) is 2.91. The first-order valence-corrected chi connectivity index (χ1v) is 5.54. The zero-order valence-electron chi connectivity index (χ0n) is 6.96. The highest BCUT2D eigenvalue weighted by molar-refractivity contribution is 8.25. The van der Waals surface area contributed by atoms with E-state index in [0.29, 0.717) is 5.17 Å². The second-order valence-corrected chi connectivity index (χ2v) is 4.91. The lowest BCUT2D eigenvalue weighted by Gasteiger charge is -2.05. The van der Waals surface area contributed by atoms with Gasteiger partial charge in [0.15, 0.2) is 5.17 Å². The molecule has 6 heteroatoms. The zero-order valence-corrected chi connectivity index (χ0v) is 8.59. The van der Waals surface area contributed by atoms with Crippen molar-refractivity contribution in [3.05, 3.63) is 0 Å². The summed E-state index contributed by atoms with van der Waals surface area (Å²) in [6.45, 7) is 3.56. The highest BCUT2D eigenvalue weighted by Gasteiger charge is 2.18. The summed E-state index contributed by atoms with van der Waals surface area (Å²) in [6.07, 6.45) is 0. The molecule has 1 aliphatic heterocycles. The van der Waals surface area contributed by atoms with Crippen LogP contribution in [-0.2, 0) is 4.79 Å². The van der Waals surface area contributed by atoms with Crippen LogP contribution in [0.1, 0.15) is 13.8 Å². The molecule has 1 unspecified atom stereocenters. The molecule has 1 rings (SSSR count). The van der Waals surface area contributed by atoms with Gasteiger partial charge in [-0.25, -0.2) is 0 Å². The van der Waals surface area contributed by atoms with Crippen molar-refractivity contribution >= 4 is 34.6 Å². The average Bonchev–Trinajstić information content (AvgIpc) is 2.36. The number of nitrogens with one attached hydrogen (secondary N) is 2. The van der Waals surface area contributed by atoms with Crippen molar-refractivity contribution in [2.45, 2.75) is 18.6 Å². The molecule has 0 aromatic carbocycles. The number of hydrogen-bond acceptors (Lipinski definition) is 5. The number of amidine groups is 1. The topological polar surface area (TPSA) is 53.5 Å². The Morgan fingerprint density at radius 1 is 1.92 bits per heavy atom. The van der Waals surface area contributed by atoms with Crippen LogP contribution in [-0.4, -0.2) is 21.5 Å². The Kier molecular flexibility index (Phi) is 3.74. The molecule has 1 atom stereocenters. The number of carbonyl (C=O) groups excluding carboxylic acids is 1. The fraction of sp³-hybridized carbons (Fsp3) is 0.667. The van der Waals surface area contributed by atoms with E-state index in [9.17, 15) is 4.79 Å². The van der Waals surface area contributed by atoms with Gasteiger partial charge in [0.25, 0.3) is 0 Å². The Morgan fingerprint density at radius 2 is 2.67 bits per heavy atom. The van der Waals surface area contributed by atoms with Crippen molar-refractivity contribution in [3.63, 3.8) is 0 Å². The van der Waals surface area contributed by atoms with Gasteiger partial charge >= 0.3 is 0 Å². The van der Waals surface area contributed by atoms with E-state index in [0.717, 1.165) is 5.75 Å². The van der Waals surface area contributed by atoms with E-state index in [2.05, 4.69) is 22.8 Å². The van der Waals surface area contributed by atoms with Crippen molar-refractivity contribution in [2.75, 3.05) is 5.75 Å². The van der Waals surface area contributed by atoms with Crippen molar-refractivity contribution in [1.82, 2.24) is 10.7 Å². The number of thioether (sulfide) groups is 2. The van der Waals surface area contributed by atoms with Crippen molar-refractivity contribution < 1.29 is 4.79 Å². The first-order valence-electron chi connectivity index (χ1n) is 3.61. The standard InChI is InChI=1S/C6H11N3OS2/c1-3-11-6-9-8-5(12-6)7-4(2)10/h6,9H,3H2,1-2H3,(H,7,8,10). The Bertz CT molecular complexity index is 207. The van der Waals surface area contributed by atoms with Crippen LogP contribution < -0.4 is 10.7 Å². The number of hydrogen-bond donors (Lipinski definition) is 2. The molecule has 0 saturated heterocycles. The Balaban J connectivity index is 2.28. The van der Waals surface area contributed by atoms with Gasteiger partial charge in [0, 0.05) is 6.92 Å². The van der Waals surface area contributed by atoms with Gasteiger partial charge < -0.3 is 5.32 Å². The maximum atomic E-state index is 10.6. The van der Waals surface area contributed by atoms with Gasteiger partial charge in [-0.2, -0.15) is 5.10 Å². The lowest BCUT2D eigenvalue weighted by molar-refractivity contribution is -0.117. The van der Waals surface area contributed by atoms with Crippen LogP contribution in [0.15, 0.2) is 5.10 Å². The van der Waals surface area contributed by atoms with Crippen LogP contribution >= 0.6 is 23.5 Å². The van der Waals surface area contributed by atoms with Gasteiger partial charge in [0.1, 0.15) is 4.71 Å². The molecule has 0 aromatic heterocycles. The predicted octanol–water partition coefficient (Wildman–Crippen LogP) is 0.767. The van der Waals surface area contributed by atoms with Crippen molar-refractivity contribution in [1.29, 1.82) is 0 Å². The van der Waals surface area contributed by atoms with Crippen molar-refractivity contribution in [3.8, 4) is 0 Å². The summed E-state index contributed by atoms with van der Waals surface area (Å²) in [7, 11) is 0. The maximum Gasteiger partial charge on any atom is 0.222 e. The summed E-state index contributed by atoms with van der Waals surface area (Å²) in [6, 6.07) is 0. The molecule has 2 N–H and O–H groups in total. The van der Waals surface area contributed by atoms with Gasteiger partial charge in [-0.05, 0) is 17.5 Å². The number of carbonyl (C=O) groups is 1. The minimum atomic E-state index is -0.0785. The number of amides is 1. The van der Waals surface area contributed by atoms with E-state index in [4.69, 9.17) is 0 Å². The molecule has 1 heterocycles. The lowest BCUT2D eigenvalue weighted by Crippen LogP contribution is -2.24. The molecular weight excluding hydrogens is 194 g/mol. The SMILES string of the molecule is CCSC1NN=C(NC(C)=O)S1. The van der Waals surface area contributed by atoms with E-state index >= 15 is 0 Å². The van der Waals surface area contributed by atoms with Crippen LogP contribution in [0.25, 0.3) is 0 Å². The summed E-state index contributed by atoms with van der Waals surface area (Å²) < 4.78 is 0.247. The van der Waals surface area contributed by atoms with E-state index in [-0.39, 0.29) is 10.6 Å². The molecule has 0 spiro atoms. The van der Waals surface area contributed by atoms with E-state index in [1.165, 1.54) is 18.7 Å². The molecule has 12 heavy (non-hydrogen) atoms. The summed E-state index contributed by atoms with van der Waals surface area (Å²) in [4.78, 5) is 10.6.